The molecule has 0 fully saturated rings. The summed E-state index contributed by atoms with van der Waals surface area (Å²) < 4.78 is 31.0. The van der Waals surface area contributed by atoms with Crippen molar-refractivity contribution in [2.24, 2.45) is 0 Å². The highest BCUT2D eigenvalue weighted by atomic mass is 32.2. The minimum Gasteiger partial charge on any atom is -0.465 e. The van der Waals surface area contributed by atoms with Crippen LogP contribution in [0.15, 0.2) is 29.2 Å². The number of aliphatic hydroxyl groups excluding tert-OH is 1. The standard InChI is InChI=1S/C12H17NO5S/c1-3-10(8-14)13-19(16,17)11-6-4-5-9(7-11)12(15)18-2/h4-7,10,13-14H,3,8H2,1-2H3/t10-/m1/s1. The molecular formula is C12H17NO5S. The van der Waals surface area contributed by atoms with Gasteiger partial charge in [-0.05, 0) is 24.6 Å². The maximum Gasteiger partial charge on any atom is 0.337 e. The van der Waals surface area contributed by atoms with Crippen molar-refractivity contribution in [1.82, 2.24) is 4.72 Å². The monoisotopic (exact) mass is 287 g/mol. The number of sulfonamides is 1. The third-order valence-electron chi connectivity index (χ3n) is 2.60. The van der Waals surface area contributed by atoms with E-state index >= 15 is 0 Å². The second-order valence-electron chi connectivity index (χ2n) is 3.93. The Morgan fingerprint density at radius 3 is 2.68 bits per heavy atom. The van der Waals surface area contributed by atoms with Crippen molar-refractivity contribution in [1.29, 1.82) is 0 Å². The first-order chi connectivity index (χ1) is 8.94. The number of methoxy groups -OCH3 is 1. The van der Waals surface area contributed by atoms with E-state index in [1.54, 1.807) is 6.92 Å². The van der Waals surface area contributed by atoms with Crippen LogP contribution in [0.3, 0.4) is 0 Å². The molecule has 0 radical (unpaired) electrons. The number of aliphatic hydroxyl groups is 1. The van der Waals surface area contributed by atoms with Gasteiger partial charge in [-0.3, -0.25) is 0 Å². The van der Waals surface area contributed by atoms with Crippen LogP contribution in [0.2, 0.25) is 0 Å². The highest BCUT2D eigenvalue weighted by molar-refractivity contribution is 7.89. The fourth-order valence-corrected chi connectivity index (χ4v) is 2.80. The Bertz CT molecular complexity index is 537. The molecule has 0 aliphatic carbocycles. The topological polar surface area (TPSA) is 92.7 Å². The lowest BCUT2D eigenvalue weighted by Gasteiger charge is -2.14. The van der Waals surface area contributed by atoms with Crippen molar-refractivity contribution in [2.75, 3.05) is 13.7 Å². The predicted octanol–water partition coefficient (Wildman–Crippen LogP) is 0.522. The van der Waals surface area contributed by atoms with Gasteiger partial charge in [-0.15, -0.1) is 0 Å². The number of ether oxygens (including phenoxy) is 1. The molecule has 0 saturated heterocycles. The maximum atomic E-state index is 12.0. The molecule has 1 rings (SSSR count). The summed E-state index contributed by atoms with van der Waals surface area (Å²) in [5.41, 5.74) is 0.155. The minimum atomic E-state index is -3.77. The predicted molar refractivity (Wildman–Crippen MR) is 69.3 cm³/mol. The zero-order valence-electron chi connectivity index (χ0n) is 10.8. The smallest absolute Gasteiger partial charge is 0.337 e. The van der Waals surface area contributed by atoms with Crippen molar-refractivity contribution in [2.45, 2.75) is 24.3 Å². The lowest BCUT2D eigenvalue weighted by atomic mass is 10.2. The lowest BCUT2D eigenvalue weighted by Crippen LogP contribution is -2.36. The van der Waals surface area contributed by atoms with Gasteiger partial charge >= 0.3 is 5.97 Å². The van der Waals surface area contributed by atoms with Gasteiger partial charge in [-0.2, -0.15) is 0 Å². The number of carbonyl (C=O) groups is 1. The maximum absolute atomic E-state index is 12.0. The summed E-state index contributed by atoms with van der Waals surface area (Å²) in [7, 11) is -2.54. The van der Waals surface area contributed by atoms with Gasteiger partial charge in [0.05, 0.1) is 24.2 Å². The summed E-state index contributed by atoms with van der Waals surface area (Å²) in [6.07, 6.45) is 0.465. The number of nitrogens with one attached hydrogen (secondary N) is 1. The van der Waals surface area contributed by atoms with E-state index in [0.717, 1.165) is 0 Å². The number of carbonyl (C=O) groups excluding carboxylic acids is 1. The third-order valence-corrected chi connectivity index (χ3v) is 4.12. The van der Waals surface area contributed by atoms with E-state index in [2.05, 4.69) is 9.46 Å². The summed E-state index contributed by atoms with van der Waals surface area (Å²) in [5, 5.41) is 9.02. The Balaban J connectivity index is 3.05. The van der Waals surface area contributed by atoms with Gasteiger partial charge in [-0.1, -0.05) is 13.0 Å². The average Bonchev–Trinajstić information content (AvgIpc) is 2.44. The molecule has 1 aromatic carbocycles. The van der Waals surface area contributed by atoms with Gasteiger partial charge in [0.25, 0.3) is 0 Å². The van der Waals surface area contributed by atoms with Crippen LogP contribution < -0.4 is 4.72 Å². The normalized spacial score (nSPS) is 13.0. The zero-order chi connectivity index (χ0) is 14.5. The van der Waals surface area contributed by atoms with Gasteiger partial charge in [0.15, 0.2) is 0 Å². The quantitative estimate of drug-likeness (QED) is 0.744. The molecule has 106 valence electrons. The summed E-state index contributed by atoms with van der Waals surface area (Å²) in [5.74, 6) is -0.605. The molecule has 6 nitrogen and oxygen atoms in total. The minimum absolute atomic E-state index is 0.0395. The van der Waals surface area contributed by atoms with Crippen LogP contribution in [-0.2, 0) is 14.8 Å². The largest absolute Gasteiger partial charge is 0.465 e. The molecule has 0 aromatic heterocycles. The van der Waals surface area contributed by atoms with E-state index in [4.69, 9.17) is 5.11 Å². The Kier molecular flexibility index (Phi) is 5.46. The molecule has 2 N–H and O–H groups in total. The number of rotatable bonds is 6. The van der Waals surface area contributed by atoms with Crippen molar-refractivity contribution in [3.8, 4) is 0 Å². The summed E-state index contributed by atoms with van der Waals surface area (Å²) in [6.45, 7) is 1.47. The van der Waals surface area contributed by atoms with Crippen LogP contribution in [-0.4, -0.2) is 39.3 Å². The van der Waals surface area contributed by atoms with Gasteiger partial charge in [0, 0.05) is 6.04 Å². The molecule has 19 heavy (non-hydrogen) atoms. The highest BCUT2D eigenvalue weighted by Crippen LogP contribution is 2.13. The Morgan fingerprint density at radius 2 is 2.16 bits per heavy atom. The van der Waals surface area contributed by atoms with Crippen LogP contribution in [0.5, 0.6) is 0 Å². The first kappa shape index (κ1) is 15.6. The Labute approximate surface area is 112 Å². The molecule has 0 bridgehead atoms. The molecule has 0 aliphatic rings. The second kappa shape index (κ2) is 6.65. The van der Waals surface area contributed by atoms with E-state index in [0.29, 0.717) is 6.42 Å². The molecule has 0 amide bonds. The molecule has 0 saturated carbocycles. The van der Waals surface area contributed by atoms with E-state index in [-0.39, 0.29) is 17.1 Å². The van der Waals surface area contributed by atoms with E-state index in [9.17, 15) is 13.2 Å². The van der Waals surface area contributed by atoms with Crippen molar-refractivity contribution in [3.63, 3.8) is 0 Å². The first-order valence-corrected chi connectivity index (χ1v) is 7.24. The number of hydrogen-bond donors (Lipinski definition) is 2. The van der Waals surface area contributed by atoms with Crippen LogP contribution in [0.4, 0.5) is 0 Å². The van der Waals surface area contributed by atoms with E-state index in [1.807, 2.05) is 0 Å². The molecule has 0 unspecified atom stereocenters. The lowest BCUT2D eigenvalue weighted by molar-refractivity contribution is 0.0600. The molecular weight excluding hydrogens is 270 g/mol. The number of benzene rings is 1. The molecule has 1 atom stereocenters. The first-order valence-electron chi connectivity index (χ1n) is 5.76. The molecule has 0 spiro atoms. The Morgan fingerprint density at radius 1 is 1.47 bits per heavy atom. The van der Waals surface area contributed by atoms with Crippen molar-refractivity contribution < 1.29 is 23.1 Å². The average molecular weight is 287 g/mol. The van der Waals surface area contributed by atoms with E-state index < -0.39 is 22.0 Å². The molecule has 0 aliphatic heterocycles. The fraction of sp³-hybridized carbons (Fsp3) is 0.417. The summed E-state index contributed by atoms with van der Waals surface area (Å²) in [4.78, 5) is 11.3. The number of hydrogen-bond acceptors (Lipinski definition) is 5. The number of esters is 1. The molecule has 7 heteroatoms. The Hall–Kier alpha value is -1.44. The van der Waals surface area contributed by atoms with Crippen molar-refractivity contribution >= 4 is 16.0 Å². The van der Waals surface area contributed by atoms with E-state index in [1.165, 1.54) is 31.4 Å². The van der Waals surface area contributed by atoms with Crippen LogP contribution in [0.25, 0.3) is 0 Å². The van der Waals surface area contributed by atoms with Crippen LogP contribution in [0.1, 0.15) is 23.7 Å². The van der Waals surface area contributed by atoms with Gasteiger partial charge in [0.1, 0.15) is 0 Å². The zero-order valence-corrected chi connectivity index (χ0v) is 11.6. The highest BCUT2D eigenvalue weighted by Gasteiger charge is 2.19. The van der Waals surface area contributed by atoms with Gasteiger partial charge in [-0.25, -0.2) is 17.9 Å². The molecule has 1 aromatic rings. The molecule has 0 heterocycles. The van der Waals surface area contributed by atoms with Gasteiger partial charge < -0.3 is 9.84 Å². The third kappa shape index (κ3) is 4.02. The summed E-state index contributed by atoms with van der Waals surface area (Å²) in [6, 6.07) is 4.98. The van der Waals surface area contributed by atoms with Crippen molar-refractivity contribution in [3.05, 3.63) is 29.8 Å². The summed E-state index contributed by atoms with van der Waals surface area (Å²) >= 11 is 0. The van der Waals surface area contributed by atoms with Gasteiger partial charge in [0.2, 0.25) is 10.0 Å². The fourth-order valence-electron chi connectivity index (χ4n) is 1.45. The van der Waals surface area contributed by atoms with Crippen LogP contribution in [0, 0.1) is 0 Å². The SMILES string of the molecule is CC[C@H](CO)NS(=O)(=O)c1cccc(C(=O)OC)c1. The second-order valence-corrected chi connectivity index (χ2v) is 5.64. The van der Waals surface area contributed by atoms with Crippen LogP contribution >= 0.6 is 0 Å².